The van der Waals surface area contributed by atoms with Crippen LogP contribution in [0.2, 0.25) is 0 Å². The second kappa shape index (κ2) is 7.27. The molecule has 0 aliphatic heterocycles. The number of aliphatic hydroxyl groups is 1. The fraction of sp³-hybridized carbons (Fsp3) is 0.600. The maximum atomic E-state index is 10.0. The molecule has 0 saturated heterocycles. The molecule has 0 heterocycles. The smallest absolute Gasteiger partial charge is 0.120 e. The molecule has 1 aromatic rings. The van der Waals surface area contributed by atoms with Crippen molar-refractivity contribution in [2.24, 2.45) is 0 Å². The molecule has 19 heavy (non-hydrogen) atoms. The Hall–Kier alpha value is -0.580. The van der Waals surface area contributed by atoms with Crippen LogP contribution in [-0.4, -0.2) is 42.4 Å². The molecule has 1 aromatic carbocycles. The van der Waals surface area contributed by atoms with E-state index in [1.54, 1.807) is 0 Å². The van der Waals surface area contributed by atoms with Gasteiger partial charge in [-0.2, -0.15) is 0 Å². The highest BCUT2D eigenvalue weighted by atomic mass is 79.9. The van der Waals surface area contributed by atoms with Crippen LogP contribution in [0.3, 0.4) is 0 Å². The van der Waals surface area contributed by atoms with Gasteiger partial charge in [-0.25, -0.2) is 0 Å². The highest BCUT2D eigenvalue weighted by Gasteiger charge is 2.26. The molecule has 0 bridgehead atoms. The van der Waals surface area contributed by atoms with Crippen LogP contribution in [0.15, 0.2) is 28.7 Å². The van der Waals surface area contributed by atoms with Gasteiger partial charge in [-0.3, -0.25) is 4.90 Å². The molecule has 106 valence electrons. The first-order valence-electron chi connectivity index (χ1n) is 6.93. The lowest BCUT2D eigenvalue weighted by Gasteiger charge is -2.35. The summed E-state index contributed by atoms with van der Waals surface area (Å²) in [5.41, 5.74) is 0. The Bertz CT molecular complexity index is 399. The van der Waals surface area contributed by atoms with Gasteiger partial charge in [-0.1, -0.05) is 34.8 Å². The summed E-state index contributed by atoms with van der Waals surface area (Å²) < 4.78 is 6.76. The molecule has 4 heteroatoms. The van der Waals surface area contributed by atoms with E-state index in [1.165, 1.54) is 6.42 Å². The number of hydrogen-bond acceptors (Lipinski definition) is 3. The number of aliphatic hydroxyl groups excluding tert-OH is 1. The first kappa shape index (κ1) is 14.8. The Balaban J connectivity index is 1.75. The summed E-state index contributed by atoms with van der Waals surface area (Å²) in [6.07, 6.45) is 4.22. The largest absolute Gasteiger partial charge is 0.492 e. The second-order valence-electron chi connectivity index (χ2n) is 5.21. The van der Waals surface area contributed by atoms with Crippen LogP contribution in [0.25, 0.3) is 0 Å². The molecule has 0 aromatic heterocycles. The molecular formula is C15H22BrNO2. The van der Waals surface area contributed by atoms with Gasteiger partial charge >= 0.3 is 0 Å². The van der Waals surface area contributed by atoms with E-state index in [-0.39, 0.29) is 6.10 Å². The van der Waals surface area contributed by atoms with E-state index in [0.29, 0.717) is 12.6 Å². The average Bonchev–Trinajstić information content (AvgIpc) is 2.39. The standard InChI is InChI=1S/C15H22BrNO2/c1-17(14-7-2-3-8-15(14)18)9-10-19-13-6-4-5-12(16)11-13/h4-6,11,14-15,18H,2-3,7-10H2,1H3. The van der Waals surface area contributed by atoms with Gasteiger partial charge in [0.15, 0.2) is 0 Å². The van der Waals surface area contributed by atoms with Crippen LogP contribution in [0.4, 0.5) is 0 Å². The molecule has 3 nitrogen and oxygen atoms in total. The molecule has 1 aliphatic rings. The molecule has 1 fully saturated rings. The summed E-state index contributed by atoms with van der Waals surface area (Å²) in [7, 11) is 2.07. The number of hydrogen-bond donors (Lipinski definition) is 1. The molecule has 2 rings (SSSR count). The fourth-order valence-electron chi connectivity index (χ4n) is 2.64. The third-order valence-electron chi connectivity index (χ3n) is 3.77. The minimum atomic E-state index is -0.176. The van der Waals surface area contributed by atoms with Crippen molar-refractivity contribution in [2.45, 2.75) is 37.8 Å². The molecule has 1 saturated carbocycles. The van der Waals surface area contributed by atoms with E-state index in [0.717, 1.165) is 36.0 Å². The highest BCUT2D eigenvalue weighted by Crippen LogP contribution is 2.22. The third-order valence-corrected chi connectivity index (χ3v) is 4.26. The Morgan fingerprint density at radius 3 is 2.89 bits per heavy atom. The first-order chi connectivity index (χ1) is 9.16. The van der Waals surface area contributed by atoms with Crippen molar-refractivity contribution in [1.82, 2.24) is 4.90 Å². The van der Waals surface area contributed by atoms with Gasteiger partial charge in [0.05, 0.1) is 6.10 Å². The van der Waals surface area contributed by atoms with Crippen molar-refractivity contribution in [3.8, 4) is 5.75 Å². The van der Waals surface area contributed by atoms with Gasteiger partial charge < -0.3 is 9.84 Å². The Kier molecular flexibility index (Phi) is 5.67. The number of ether oxygens (including phenoxy) is 1. The zero-order valence-corrected chi connectivity index (χ0v) is 13.0. The predicted octanol–water partition coefficient (Wildman–Crippen LogP) is 3.06. The lowest BCUT2D eigenvalue weighted by atomic mass is 9.92. The SMILES string of the molecule is CN(CCOc1cccc(Br)c1)C1CCCCC1O. The molecular weight excluding hydrogens is 306 g/mol. The maximum Gasteiger partial charge on any atom is 0.120 e. The van der Waals surface area contributed by atoms with Gasteiger partial charge in [-0.05, 0) is 38.1 Å². The lowest BCUT2D eigenvalue weighted by Crippen LogP contribution is -2.44. The lowest BCUT2D eigenvalue weighted by molar-refractivity contribution is 0.0272. The number of halogens is 1. The Morgan fingerprint density at radius 2 is 2.16 bits per heavy atom. The molecule has 2 atom stereocenters. The van der Waals surface area contributed by atoms with Crippen molar-refractivity contribution in [1.29, 1.82) is 0 Å². The van der Waals surface area contributed by atoms with Crippen LogP contribution in [0, 0.1) is 0 Å². The average molecular weight is 328 g/mol. The van der Waals surface area contributed by atoms with Crippen molar-refractivity contribution >= 4 is 15.9 Å². The Morgan fingerprint density at radius 1 is 1.37 bits per heavy atom. The molecule has 1 aliphatic carbocycles. The van der Waals surface area contributed by atoms with Crippen molar-refractivity contribution in [3.05, 3.63) is 28.7 Å². The van der Waals surface area contributed by atoms with Crippen LogP contribution in [0.5, 0.6) is 5.75 Å². The zero-order valence-electron chi connectivity index (χ0n) is 11.4. The van der Waals surface area contributed by atoms with Crippen LogP contribution >= 0.6 is 15.9 Å². The van der Waals surface area contributed by atoms with E-state index in [1.807, 2.05) is 24.3 Å². The van der Waals surface area contributed by atoms with E-state index in [2.05, 4.69) is 27.9 Å². The van der Waals surface area contributed by atoms with Crippen LogP contribution < -0.4 is 4.74 Å². The predicted molar refractivity (Wildman–Crippen MR) is 80.5 cm³/mol. The van der Waals surface area contributed by atoms with E-state index in [9.17, 15) is 5.11 Å². The highest BCUT2D eigenvalue weighted by molar-refractivity contribution is 9.10. The number of rotatable bonds is 5. The summed E-state index contributed by atoms with van der Waals surface area (Å²) in [5, 5.41) is 10.0. The van der Waals surface area contributed by atoms with Crippen molar-refractivity contribution in [2.75, 3.05) is 20.2 Å². The molecule has 2 unspecified atom stereocenters. The number of likely N-dealkylation sites (N-methyl/N-ethyl adjacent to an activating group) is 1. The normalized spacial score (nSPS) is 23.6. The van der Waals surface area contributed by atoms with E-state index in [4.69, 9.17) is 4.74 Å². The number of nitrogens with zero attached hydrogens (tertiary/aromatic N) is 1. The monoisotopic (exact) mass is 327 g/mol. The molecule has 1 N–H and O–H groups in total. The summed E-state index contributed by atoms with van der Waals surface area (Å²) >= 11 is 3.43. The quantitative estimate of drug-likeness (QED) is 0.902. The maximum absolute atomic E-state index is 10.0. The van der Waals surface area contributed by atoms with Crippen LogP contribution in [0.1, 0.15) is 25.7 Å². The van der Waals surface area contributed by atoms with Gasteiger partial charge in [0, 0.05) is 17.1 Å². The second-order valence-corrected chi connectivity index (χ2v) is 6.12. The first-order valence-corrected chi connectivity index (χ1v) is 7.73. The zero-order chi connectivity index (χ0) is 13.7. The fourth-order valence-corrected chi connectivity index (χ4v) is 3.01. The van der Waals surface area contributed by atoms with Gasteiger partial charge in [0.2, 0.25) is 0 Å². The topological polar surface area (TPSA) is 32.7 Å². The van der Waals surface area contributed by atoms with Gasteiger partial charge in [-0.15, -0.1) is 0 Å². The minimum Gasteiger partial charge on any atom is -0.492 e. The molecule has 0 spiro atoms. The number of benzene rings is 1. The minimum absolute atomic E-state index is 0.176. The van der Waals surface area contributed by atoms with Crippen LogP contribution in [-0.2, 0) is 0 Å². The summed E-state index contributed by atoms with van der Waals surface area (Å²) in [6, 6.07) is 8.17. The third kappa shape index (κ3) is 4.48. The summed E-state index contributed by atoms with van der Waals surface area (Å²) in [4.78, 5) is 2.22. The van der Waals surface area contributed by atoms with Crippen molar-refractivity contribution < 1.29 is 9.84 Å². The van der Waals surface area contributed by atoms with Crippen molar-refractivity contribution in [3.63, 3.8) is 0 Å². The Labute approximate surface area is 123 Å². The molecule has 0 amide bonds. The summed E-state index contributed by atoms with van der Waals surface area (Å²) in [6.45, 7) is 1.49. The van der Waals surface area contributed by atoms with Gasteiger partial charge in [0.1, 0.15) is 12.4 Å². The summed E-state index contributed by atoms with van der Waals surface area (Å²) in [5.74, 6) is 0.881. The van der Waals surface area contributed by atoms with E-state index >= 15 is 0 Å². The van der Waals surface area contributed by atoms with E-state index < -0.39 is 0 Å². The van der Waals surface area contributed by atoms with Gasteiger partial charge in [0.25, 0.3) is 0 Å². The molecule has 0 radical (unpaired) electrons.